The lowest BCUT2D eigenvalue weighted by Crippen LogP contribution is -2.35. The molecule has 0 spiro atoms. The summed E-state index contributed by atoms with van der Waals surface area (Å²) in [4.78, 5) is 7.47. The lowest BCUT2D eigenvalue weighted by Gasteiger charge is -2.32. The Bertz CT molecular complexity index is 979. The molecule has 1 atom stereocenters. The van der Waals surface area contributed by atoms with Gasteiger partial charge < -0.3 is 14.2 Å². The van der Waals surface area contributed by atoms with Crippen molar-refractivity contribution in [1.29, 1.82) is 0 Å². The summed E-state index contributed by atoms with van der Waals surface area (Å²) >= 11 is 1.81. The number of fused-ring (bicyclic) bond motifs is 2. The first kappa shape index (κ1) is 19.9. The Morgan fingerprint density at radius 3 is 2.60 bits per heavy atom. The Kier molecular flexibility index (Phi) is 5.93. The minimum Gasteiger partial charge on any atom is -0.362 e. The second kappa shape index (κ2) is 8.96. The molecule has 0 saturated carbocycles. The topological polar surface area (TPSA) is 30.3 Å². The van der Waals surface area contributed by atoms with Crippen molar-refractivity contribution in [2.75, 3.05) is 20.1 Å². The molecule has 0 N–H and O–H groups in total. The van der Waals surface area contributed by atoms with Gasteiger partial charge >= 0.3 is 0 Å². The highest BCUT2D eigenvalue weighted by atomic mass is 32.2. The first-order chi connectivity index (χ1) is 14.8. The quantitative estimate of drug-likeness (QED) is 0.549. The fourth-order valence-electron chi connectivity index (χ4n) is 4.44. The van der Waals surface area contributed by atoms with Gasteiger partial charge in [-0.05, 0) is 43.0 Å². The van der Waals surface area contributed by atoms with Gasteiger partial charge in [-0.3, -0.25) is 0 Å². The highest BCUT2D eigenvalue weighted by Crippen LogP contribution is 2.36. The second-order valence-electron chi connectivity index (χ2n) is 8.37. The van der Waals surface area contributed by atoms with Gasteiger partial charge in [0.25, 0.3) is 0 Å². The molecule has 2 aliphatic heterocycles. The zero-order valence-electron chi connectivity index (χ0n) is 17.5. The first-order valence-electron chi connectivity index (χ1n) is 10.9. The van der Waals surface area contributed by atoms with Gasteiger partial charge in [0, 0.05) is 31.6 Å². The van der Waals surface area contributed by atoms with Gasteiger partial charge in [-0.25, -0.2) is 4.98 Å². The molecule has 4 nitrogen and oxygen atoms in total. The lowest BCUT2D eigenvalue weighted by molar-refractivity contribution is -0.0276. The minimum absolute atomic E-state index is 0.0804. The van der Waals surface area contributed by atoms with Gasteiger partial charge in [0.1, 0.15) is 17.0 Å². The molecule has 1 unspecified atom stereocenters. The van der Waals surface area contributed by atoms with Crippen molar-refractivity contribution in [3.63, 3.8) is 0 Å². The Balaban J connectivity index is 1.41. The maximum absolute atomic E-state index is 6.77. The van der Waals surface area contributed by atoms with Crippen LogP contribution in [0.15, 0.2) is 65.8 Å². The zero-order valence-corrected chi connectivity index (χ0v) is 18.4. The maximum atomic E-state index is 6.77. The smallest absolute Gasteiger partial charge is 0.144 e. The normalized spacial score (nSPS) is 19.8. The second-order valence-corrected chi connectivity index (χ2v) is 9.37. The molecule has 0 amide bonds. The van der Waals surface area contributed by atoms with Crippen LogP contribution in [0, 0.1) is 0 Å². The monoisotopic (exact) mass is 419 g/mol. The number of rotatable bonds is 5. The van der Waals surface area contributed by atoms with Gasteiger partial charge in [0.2, 0.25) is 0 Å². The molecule has 0 aliphatic carbocycles. The fraction of sp³-hybridized carbons (Fsp3) is 0.400. The van der Waals surface area contributed by atoms with Crippen molar-refractivity contribution in [2.45, 2.75) is 48.8 Å². The molecule has 0 bridgehead atoms. The van der Waals surface area contributed by atoms with Gasteiger partial charge in [0.15, 0.2) is 0 Å². The standard InChI is InChI=1S/C25H29N3OS/c1-27-14-12-21(13-15-27)29-24-22-10-6-5-9-20(22)11-16-28-17-23(26-25(24)28)30-18-19-7-3-2-4-8-19/h2-10,17,21,24H,11-16,18H2,1H3. The predicted octanol–water partition coefficient (Wildman–Crippen LogP) is 4.93. The molecule has 156 valence electrons. The zero-order chi connectivity index (χ0) is 20.3. The summed E-state index contributed by atoms with van der Waals surface area (Å²) in [6.07, 6.45) is 5.64. The van der Waals surface area contributed by atoms with E-state index in [1.54, 1.807) is 0 Å². The molecule has 3 aromatic rings. The first-order valence-corrected chi connectivity index (χ1v) is 11.9. The molecule has 3 heterocycles. The van der Waals surface area contributed by atoms with Crippen LogP contribution in [0.3, 0.4) is 0 Å². The summed E-state index contributed by atoms with van der Waals surface area (Å²) in [6.45, 7) is 3.16. The largest absolute Gasteiger partial charge is 0.362 e. The number of benzene rings is 2. The maximum Gasteiger partial charge on any atom is 0.144 e. The molecular weight excluding hydrogens is 390 g/mol. The van der Waals surface area contributed by atoms with E-state index in [0.717, 1.165) is 55.5 Å². The van der Waals surface area contributed by atoms with Gasteiger partial charge in [-0.1, -0.05) is 54.6 Å². The van der Waals surface area contributed by atoms with Gasteiger partial charge in [0.05, 0.1) is 6.10 Å². The molecule has 30 heavy (non-hydrogen) atoms. The highest BCUT2D eigenvalue weighted by molar-refractivity contribution is 7.98. The molecule has 2 aromatic carbocycles. The number of likely N-dealkylation sites (tertiary alicyclic amines) is 1. The molecule has 5 rings (SSSR count). The summed E-state index contributed by atoms with van der Waals surface area (Å²) in [7, 11) is 2.19. The van der Waals surface area contributed by atoms with E-state index in [1.807, 2.05) is 11.8 Å². The van der Waals surface area contributed by atoms with Crippen molar-refractivity contribution in [3.8, 4) is 0 Å². The number of aromatic nitrogens is 2. The van der Waals surface area contributed by atoms with E-state index in [4.69, 9.17) is 9.72 Å². The van der Waals surface area contributed by atoms with E-state index in [-0.39, 0.29) is 6.10 Å². The van der Waals surface area contributed by atoms with Crippen LogP contribution in [0.5, 0.6) is 0 Å². The van der Waals surface area contributed by atoms with E-state index in [9.17, 15) is 0 Å². The van der Waals surface area contributed by atoms with E-state index in [2.05, 4.69) is 77.3 Å². The van der Waals surface area contributed by atoms with Crippen LogP contribution >= 0.6 is 11.8 Å². The Morgan fingerprint density at radius 2 is 1.77 bits per heavy atom. The van der Waals surface area contributed by atoms with Crippen LogP contribution in [0.4, 0.5) is 0 Å². The number of imidazole rings is 1. The van der Waals surface area contributed by atoms with Crippen LogP contribution < -0.4 is 0 Å². The molecule has 5 heteroatoms. The number of ether oxygens (including phenoxy) is 1. The summed E-state index contributed by atoms with van der Waals surface area (Å²) in [5.41, 5.74) is 4.01. The summed E-state index contributed by atoms with van der Waals surface area (Å²) in [5, 5.41) is 1.09. The molecule has 0 radical (unpaired) electrons. The summed E-state index contributed by atoms with van der Waals surface area (Å²) in [5.74, 6) is 2.00. The van der Waals surface area contributed by atoms with Crippen molar-refractivity contribution in [1.82, 2.24) is 14.5 Å². The third-order valence-electron chi connectivity index (χ3n) is 6.20. The van der Waals surface area contributed by atoms with Crippen LogP contribution in [0.25, 0.3) is 0 Å². The number of thioether (sulfide) groups is 1. The molecule has 1 aromatic heterocycles. The van der Waals surface area contributed by atoms with Crippen LogP contribution in [-0.2, 0) is 23.5 Å². The number of nitrogens with zero attached hydrogens (tertiary/aromatic N) is 3. The SMILES string of the molecule is CN1CCC(OC2c3ccccc3CCn3cc(SCc4ccccc4)nc32)CC1. The minimum atomic E-state index is -0.0804. The molecule has 1 fully saturated rings. The van der Waals surface area contributed by atoms with Gasteiger partial charge in [-0.2, -0.15) is 0 Å². The summed E-state index contributed by atoms with van der Waals surface area (Å²) in [6, 6.07) is 19.4. The van der Waals surface area contributed by atoms with Crippen molar-refractivity contribution in [3.05, 3.63) is 83.3 Å². The van der Waals surface area contributed by atoms with E-state index < -0.39 is 0 Å². The van der Waals surface area contributed by atoms with Crippen molar-refractivity contribution < 1.29 is 4.74 Å². The number of aryl methyl sites for hydroxylation is 2. The number of piperidine rings is 1. The van der Waals surface area contributed by atoms with Gasteiger partial charge in [-0.15, -0.1) is 11.8 Å². The average molecular weight is 420 g/mol. The number of hydrogen-bond acceptors (Lipinski definition) is 4. The van der Waals surface area contributed by atoms with Crippen LogP contribution in [0.1, 0.15) is 41.5 Å². The van der Waals surface area contributed by atoms with Crippen molar-refractivity contribution in [2.24, 2.45) is 0 Å². The highest BCUT2D eigenvalue weighted by Gasteiger charge is 2.30. The van der Waals surface area contributed by atoms with Crippen LogP contribution in [0.2, 0.25) is 0 Å². The Morgan fingerprint density at radius 1 is 1.00 bits per heavy atom. The van der Waals surface area contributed by atoms with Crippen LogP contribution in [-0.4, -0.2) is 40.7 Å². The average Bonchev–Trinajstić information content (AvgIpc) is 3.14. The van der Waals surface area contributed by atoms with E-state index >= 15 is 0 Å². The molecule has 1 saturated heterocycles. The molecular formula is C25H29N3OS. The lowest BCUT2D eigenvalue weighted by atomic mass is 10.00. The van der Waals surface area contributed by atoms with E-state index in [0.29, 0.717) is 6.10 Å². The van der Waals surface area contributed by atoms with E-state index in [1.165, 1.54) is 16.7 Å². The summed E-state index contributed by atoms with van der Waals surface area (Å²) < 4.78 is 9.10. The Labute approximate surface area is 183 Å². The predicted molar refractivity (Wildman–Crippen MR) is 122 cm³/mol. The third-order valence-corrected chi connectivity index (χ3v) is 7.17. The fourth-order valence-corrected chi connectivity index (χ4v) is 5.31. The Hall–Kier alpha value is -2.08. The third kappa shape index (κ3) is 4.34. The van der Waals surface area contributed by atoms with Crippen molar-refractivity contribution >= 4 is 11.8 Å². The number of hydrogen-bond donors (Lipinski definition) is 0. The molecule has 2 aliphatic rings.